The van der Waals surface area contributed by atoms with E-state index in [1.807, 2.05) is 40.6 Å². The molecule has 0 aliphatic carbocycles. The van der Waals surface area contributed by atoms with Gasteiger partial charge in [0.2, 0.25) is 0 Å². The van der Waals surface area contributed by atoms with Crippen LogP contribution in [0.3, 0.4) is 0 Å². The van der Waals surface area contributed by atoms with E-state index < -0.39 is 5.72 Å². The molecule has 1 aromatic heterocycles. The highest BCUT2D eigenvalue weighted by molar-refractivity contribution is 7.09. The van der Waals surface area contributed by atoms with Crippen LogP contribution in [-0.2, 0) is 6.54 Å². The lowest BCUT2D eigenvalue weighted by Gasteiger charge is -2.54. The molecule has 2 atom stereocenters. The largest absolute Gasteiger partial charge is 0.467 e. The molecule has 0 radical (unpaired) electrons. The molecule has 23 heavy (non-hydrogen) atoms. The average Bonchev–Trinajstić information content (AvgIpc) is 3.04. The number of benzene rings is 1. The minimum atomic E-state index is -0.592. The van der Waals surface area contributed by atoms with Crippen molar-refractivity contribution in [3.05, 3.63) is 52.2 Å². The highest BCUT2D eigenvalue weighted by Crippen LogP contribution is 2.47. The maximum Gasteiger partial charge on any atom is 0.321 e. The molecule has 2 amide bonds. The smallest absolute Gasteiger partial charge is 0.321 e. The van der Waals surface area contributed by atoms with Crippen molar-refractivity contribution in [2.24, 2.45) is 5.92 Å². The molecule has 2 aliphatic heterocycles. The minimum absolute atomic E-state index is 0.0226. The van der Waals surface area contributed by atoms with Crippen molar-refractivity contribution in [2.45, 2.75) is 38.6 Å². The number of urea groups is 1. The molecule has 1 aromatic carbocycles. The van der Waals surface area contributed by atoms with E-state index in [2.05, 4.69) is 25.2 Å². The third kappa shape index (κ3) is 2.22. The zero-order chi connectivity index (χ0) is 16.0. The fourth-order valence-electron chi connectivity index (χ4n) is 3.62. The lowest BCUT2D eigenvalue weighted by Crippen LogP contribution is -2.67. The second kappa shape index (κ2) is 5.27. The summed E-state index contributed by atoms with van der Waals surface area (Å²) in [6.07, 6.45) is 0.777. The Bertz CT molecular complexity index is 728. The Morgan fingerprint density at radius 2 is 2.17 bits per heavy atom. The lowest BCUT2D eigenvalue weighted by atomic mass is 9.83. The van der Waals surface area contributed by atoms with Gasteiger partial charge in [0.05, 0.1) is 12.6 Å². The van der Waals surface area contributed by atoms with Crippen LogP contribution in [-0.4, -0.2) is 16.7 Å². The Hall–Kier alpha value is -2.01. The maximum atomic E-state index is 12.8. The van der Waals surface area contributed by atoms with Gasteiger partial charge in [-0.3, -0.25) is 4.90 Å². The maximum absolute atomic E-state index is 12.8. The van der Waals surface area contributed by atoms with Gasteiger partial charge in [-0.1, -0.05) is 38.1 Å². The molecular formula is C18H20N2O2S. The number of thiophene rings is 1. The Kier molecular flexibility index (Phi) is 3.34. The van der Waals surface area contributed by atoms with Crippen LogP contribution >= 0.6 is 11.3 Å². The molecule has 5 heteroatoms. The molecule has 2 unspecified atom stereocenters. The first-order valence-electron chi connectivity index (χ1n) is 7.98. The summed E-state index contributed by atoms with van der Waals surface area (Å²) in [4.78, 5) is 15.8. The van der Waals surface area contributed by atoms with E-state index in [1.54, 1.807) is 11.3 Å². The number of rotatable bonds is 3. The van der Waals surface area contributed by atoms with E-state index in [0.717, 1.165) is 17.7 Å². The van der Waals surface area contributed by atoms with Crippen molar-refractivity contribution in [1.82, 2.24) is 10.2 Å². The predicted molar refractivity (Wildman–Crippen MR) is 90.4 cm³/mol. The van der Waals surface area contributed by atoms with Gasteiger partial charge < -0.3 is 10.1 Å². The van der Waals surface area contributed by atoms with Crippen molar-refractivity contribution >= 4 is 17.4 Å². The van der Waals surface area contributed by atoms with Gasteiger partial charge in [-0.05, 0) is 17.5 Å². The summed E-state index contributed by atoms with van der Waals surface area (Å²) in [5.41, 5.74) is 0.485. The van der Waals surface area contributed by atoms with Crippen LogP contribution in [0.4, 0.5) is 4.79 Å². The number of nitrogens with one attached hydrogen (secondary N) is 1. The van der Waals surface area contributed by atoms with Crippen molar-refractivity contribution in [3.8, 4) is 5.75 Å². The topological polar surface area (TPSA) is 41.6 Å². The van der Waals surface area contributed by atoms with Crippen molar-refractivity contribution in [2.75, 3.05) is 0 Å². The van der Waals surface area contributed by atoms with Crippen LogP contribution in [0.15, 0.2) is 41.8 Å². The molecule has 0 saturated carbocycles. The number of para-hydroxylation sites is 1. The number of carbonyl (C=O) groups excluding carboxylic acids is 1. The van der Waals surface area contributed by atoms with Crippen molar-refractivity contribution < 1.29 is 9.53 Å². The molecule has 0 spiro atoms. The quantitative estimate of drug-likeness (QED) is 0.919. The number of amides is 2. The SMILES string of the molecule is CC(C)C12CC(NC(=O)N1Cc1cccs1)c1ccccc1O2. The zero-order valence-corrected chi connectivity index (χ0v) is 14.1. The number of carbonyl (C=O) groups is 1. The summed E-state index contributed by atoms with van der Waals surface area (Å²) in [6.45, 7) is 4.84. The molecule has 2 aliphatic rings. The molecule has 4 nitrogen and oxygen atoms in total. The van der Waals surface area contributed by atoms with Gasteiger partial charge in [-0.15, -0.1) is 11.3 Å². The molecule has 2 bridgehead atoms. The van der Waals surface area contributed by atoms with Gasteiger partial charge >= 0.3 is 6.03 Å². The Morgan fingerprint density at radius 1 is 1.35 bits per heavy atom. The molecule has 120 valence electrons. The summed E-state index contributed by atoms with van der Waals surface area (Å²) in [6, 6.07) is 12.1. The zero-order valence-electron chi connectivity index (χ0n) is 13.3. The molecule has 1 fully saturated rings. The van der Waals surface area contributed by atoms with Crippen LogP contribution in [0.2, 0.25) is 0 Å². The molecule has 2 aromatic rings. The lowest BCUT2D eigenvalue weighted by molar-refractivity contribution is -0.133. The summed E-state index contributed by atoms with van der Waals surface area (Å²) < 4.78 is 6.45. The number of ether oxygens (including phenoxy) is 1. The van der Waals surface area contributed by atoms with Crippen LogP contribution in [0.25, 0.3) is 0 Å². The molecule has 1 saturated heterocycles. The van der Waals surface area contributed by atoms with Gasteiger partial charge in [-0.25, -0.2) is 4.79 Å². The number of nitrogens with zero attached hydrogens (tertiary/aromatic N) is 1. The highest BCUT2D eigenvalue weighted by atomic mass is 32.1. The summed E-state index contributed by atoms with van der Waals surface area (Å²) in [5.74, 6) is 1.08. The second-order valence-corrected chi connectivity index (χ2v) is 7.54. The van der Waals surface area contributed by atoms with Gasteiger partial charge in [0.25, 0.3) is 0 Å². The van der Waals surface area contributed by atoms with E-state index >= 15 is 0 Å². The summed E-state index contributed by atoms with van der Waals surface area (Å²) >= 11 is 1.67. The van der Waals surface area contributed by atoms with Crippen LogP contribution in [0, 0.1) is 5.92 Å². The normalized spacial score (nSPS) is 25.8. The van der Waals surface area contributed by atoms with E-state index in [-0.39, 0.29) is 18.0 Å². The average molecular weight is 328 g/mol. The second-order valence-electron chi connectivity index (χ2n) is 6.51. The third-order valence-electron chi connectivity index (χ3n) is 4.87. The van der Waals surface area contributed by atoms with E-state index in [0.29, 0.717) is 6.54 Å². The van der Waals surface area contributed by atoms with E-state index in [4.69, 9.17) is 4.74 Å². The fraction of sp³-hybridized carbons (Fsp3) is 0.389. The first kappa shape index (κ1) is 14.6. The summed E-state index contributed by atoms with van der Waals surface area (Å²) in [5, 5.41) is 5.20. The molecular weight excluding hydrogens is 308 g/mol. The molecule has 4 rings (SSSR count). The standard InChI is InChI=1S/C18H20N2O2S/c1-12(2)18-10-15(14-7-3-4-8-16(14)22-18)19-17(21)20(18)11-13-6-5-9-23-13/h3-9,12,15H,10-11H2,1-2H3,(H,19,21). The van der Waals surface area contributed by atoms with Crippen molar-refractivity contribution in [1.29, 1.82) is 0 Å². The van der Waals surface area contributed by atoms with Gasteiger partial charge in [0.15, 0.2) is 5.72 Å². The number of hydrogen-bond acceptors (Lipinski definition) is 3. The first-order chi connectivity index (χ1) is 11.1. The molecule has 1 N–H and O–H groups in total. The predicted octanol–water partition coefficient (Wildman–Crippen LogP) is 4.15. The Labute approximate surface area is 140 Å². The van der Waals surface area contributed by atoms with Crippen LogP contribution in [0.5, 0.6) is 5.75 Å². The third-order valence-corrected chi connectivity index (χ3v) is 5.73. The monoisotopic (exact) mass is 328 g/mol. The van der Waals surface area contributed by atoms with Gasteiger partial charge in [-0.2, -0.15) is 0 Å². The Balaban J connectivity index is 1.78. The van der Waals surface area contributed by atoms with E-state index in [1.165, 1.54) is 4.88 Å². The number of fused-ring (bicyclic) bond motifs is 4. The van der Waals surface area contributed by atoms with Crippen molar-refractivity contribution in [3.63, 3.8) is 0 Å². The molecule has 3 heterocycles. The first-order valence-corrected chi connectivity index (χ1v) is 8.86. The highest BCUT2D eigenvalue weighted by Gasteiger charge is 2.53. The van der Waals surface area contributed by atoms with Gasteiger partial charge in [0, 0.05) is 22.8 Å². The summed E-state index contributed by atoms with van der Waals surface area (Å²) in [7, 11) is 0. The van der Waals surface area contributed by atoms with Gasteiger partial charge in [0.1, 0.15) is 5.75 Å². The number of hydrogen-bond donors (Lipinski definition) is 1. The Morgan fingerprint density at radius 3 is 2.91 bits per heavy atom. The van der Waals surface area contributed by atoms with E-state index in [9.17, 15) is 4.79 Å². The van der Waals surface area contributed by atoms with Crippen LogP contribution < -0.4 is 10.1 Å². The van der Waals surface area contributed by atoms with Crippen LogP contribution in [0.1, 0.15) is 36.8 Å². The minimum Gasteiger partial charge on any atom is -0.467 e. The fourth-order valence-corrected chi connectivity index (χ4v) is 4.31.